The van der Waals surface area contributed by atoms with Crippen LogP contribution in [0.1, 0.15) is 29.8 Å². The average molecular weight is 245 g/mol. The minimum absolute atomic E-state index is 0.0415. The van der Waals surface area contributed by atoms with Crippen LogP contribution in [-0.4, -0.2) is 20.6 Å². The van der Waals surface area contributed by atoms with Crippen LogP contribution in [0.25, 0.3) is 0 Å². The third kappa shape index (κ3) is 1.63. The van der Waals surface area contributed by atoms with E-state index < -0.39 is 22.3 Å². The Morgan fingerprint density at radius 1 is 1.50 bits per heavy atom. The summed E-state index contributed by atoms with van der Waals surface area (Å²) in [4.78, 5) is -0.0415. The molecule has 2 unspecified atom stereocenters. The molecule has 1 aliphatic carbocycles. The van der Waals surface area contributed by atoms with Crippen molar-refractivity contribution in [3.8, 4) is 0 Å². The number of aliphatic hydroxyl groups excluding tert-OH is 1. The topological polar surface area (TPSA) is 66.4 Å². The molecule has 0 saturated heterocycles. The Bertz CT molecular complexity index is 515. The lowest BCUT2D eigenvalue weighted by molar-refractivity contribution is 0.149. The number of hydrogen-bond donors (Lipinski definition) is 2. The molecular formula is C10H12FNO3S. The highest BCUT2D eigenvalue weighted by Gasteiger charge is 2.34. The van der Waals surface area contributed by atoms with Gasteiger partial charge in [0.15, 0.2) is 0 Å². The van der Waals surface area contributed by atoms with E-state index in [1.54, 1.807) is 0 Å². The van der Waals surface area contributed by atoms with E-state index in [4.69, 9.17) is 0 Å². The Balaban J connectivity index is 2.67. The molecule has 0 aromatic heterocycles. The van der Waals surface area contributed by atoms with E-state index in [0.717, 1.165) is 0 Å². The zero-order valence-electron chi connectivity index (χ0n) is 8.64. The van der Waals surface area contributed by atoms with Gasteiger partial charge in [0.25, 0.3) is 0 Å². The van der Waals surface area contributed by atoms with Crippen LogP contribution in [-0.2, 0) is 10.0 Å². The second kappa shape index (κ2) is 3.80. The van der Waals surface area contributed by atoms with E-state index in [2.05, 4.69) is 4.72 Å². The van der Waals surface area contributed by atoms with Crippen molar-refractivity contribution in [3.63, 3.8) is 0 Å². The van der Waals surface area contributed by atoms with Crippen LogP contribution in [0.15, 0.2) is 23.1 Å². The maximum Gasteiger partial charge on any atom is 0.240 e. The van der Waals surface area contributed by atoms with Gasteiger partial charge in [-0.1, -0.05) is 12.1 Å². The molecular weight excluding hydrogens is 233 g/mol. The quantitative estimate of drug-likeness (QED) is 0.818. The molecule has 16 heavy (non-hydrogen) atoms. The summed E-state index contributed by atoms with van der Waals surface area (Å²) in [6.07, 6.45) is -2.42. The predicted octanol–water partition coefficient (Wildman–Crippen LogP) is 1.04. The number of aliphatic hydroxyl groups is 1. The van der Waals surface area contributed by atoms with Crippen LogP contribution < -0.4 is 4.72 Å². The summed E-state index contributed by atoms with van der Waals surface area (Å²) in [5.41, 5.74) is 0.452. The van der Waals surface area contributed by atoms with Crippen molar-refractivity contribution in [3.05, 3.63) is 29.3 Å². The molecule has 1 aromatic carbocycles. The summed E-state index contributed by atoms with van der Waals surface area (Å²) in [5.74, 6) is 0. The molecule has 1 aliphatic rings. The molecule has 0 bridgehead atoms. The van der Waals surface area contributed by atoms with E-state index in [0.29, 0.717) is 0 Å². The Hall–Kier alpha value is -0.980. The van der Waals surface area contributed by atoms with E-state index in [-0.39, 0.29) is 22.4 Å². The Morgan fingerprint density at radius 2 is 2.19 bits per heavy atom. The van der Waals surface area contributed by atoms with Gasteiger partial charge in [-0.15, -0.1) is 0 Å². The molecule has 0 fully saturated rings. The number of halogens is 1. The first-order valence-electron chi connectivity index (χ1n) is 4.86. The first-order valence-corrected chi connectivity index (χ1v) is 6.34. The Labute approximate surface area is 93.2 Å². The monoisotopic (exact) mass is 245 g/mol. The SMILES string of the molecule is CNS(=O)(=O)c1cccc2c1C(O)CC2F. The fourth-order valence-electron chi connectivity index (χ4n) is 1.98. The van der Waals surface area contributed by atoms with Crippen molar-refractivity contribution in [1.29, 1.82) is 0 Å². The van der Waals surface area contributed by atoms with E-state index in [1.807, 2.05) is 0 Å². The molecule has 2 rings (SSSR count). The van der Waals surface area contributed by atoms with Gasteiger partial charge in [-0.2, -0.15) is 0 Å². The minimum Gasteiger partial charge on any atom is -0.388 e. The molecule has 4 nitrogen and oxygen atoms in total. The summed E-state index contributed by atoms with van der Waals surface area (Å²) >= 11 is 0. The van der Waals surface area contributed by atoms with Gasteiger partial charge in [-0.3, -0.25) is 0 Å². The van der Waals surface area contributed by atoms with Crippen molar-refractivity contribution in [2.24, 2.45) is 0 Å². The number of hydrogen-bond acceptors (Lipinski definition) is 3. The first kappa shape index (κ1) is 11.5. The third-order valence-electron chi connectivity index (χ3n) is 2.76. The van der Waals surface area contributed by atoms with Crippen molar-refractivity contribution in [2.75, 3.05) is 7.05 Å². The zero-order chi connectivity index (χ0) is 11.9. The molecule has 6 heteroatoms. The molecule has 0 heterocycles. The smallest absolute Gasteiger partial charge is 0.240 e. The highest BCUT2D eigenvalue weighted by atomic mass is 32.2. The summed E-state index contributed by atoms with van der Waals surface area (Å²) in [7, 11) is -2.38. The summed E-state index contributed by atoms with van der Waals surface area (Å²) in [5, 5.41) is 9.66. The number of benzene rings is 1. The molecule has 0 radical (unpaired) electrons. The normalized spacial score (nSPS) is 24.4. The van der Waals surface area contributed by atoms with Gasteiger partial charge in [-0.25, -0.2) is 17.5 Å². The third-order valence-corrected chi connectivity index (χ3v) is 4.23. The number of alkyl halides is 1. The molecule has 2 atom stereocenters. The minimum atomic E-state index is -3.66. The number of fused-ring (bicyclic) bond motifs is 1. The summed E-state index contributed by atoms with van der Waals surface area (Å²) < 4.78 is 39.0. The van der Waals surface area contributed by atoms with E-state index in [1.165, 1.54) is 25.2 Å². The van der Waals surface area contributed by atoms with Crippen LogP contribution in [0.5, 0.6) is 0 Å². The van der Waals surface area contributed by atoms with Gasteiger partial charge in [0.05, 0.1) is 11.0 Å². The largest absolute Gasteiger partial charge is 0.388 e. The average Bonchev–Trinajstić information content (AvgIpc) is 2.55. The van der Waals surface area contributed by atoms with Crippen LogP contribution in [0.2, 0.25) is 0 Å². The fraction of sp³-hybridized carbons (Fsp3) is 0.400. The fourth-order valence-corrected chi connectivity index (χ4v) is 3.00. The number of sulfonamides is 1. The van der Waals surface area contributed by atoms with Gasteiger partial charge < -0.3 is 5.11 Å². The lowest BCUT2D eigenvalue weighted by Crippen LogP contribution is -2.20. The van der Waals surface area contributed by atoms with E-state index in [9.17, 15) is 17.9 Å². The van der Waals surface area contributed by atoms with Gasteiger partial charge >= 0.3 is 0 Å². The standard InChI is InChI=1S/C10H12FNO3S/c1-12-16(14,15)9-4-2-3-6-7(11)5-8(13)10(6)9/h2-4,7-8,12-13H,5H2,1H3. The van der Waals surface area contributed by atoms with Crippen molar-refractivity contribution in [2.45, 2.75) is 23.6 Å². The number of rotatable bonds is 2. The Kier molecular flexibility index (Phi) is 2.73. The molecule has 2 N–H and O–H groups in total. The highest BCUT2D eigenvalue weighted by molar-refractivity contribution is 7.89. The van der Waals surface area contributed by atoms with Crippen molar-refractivity contribution < 1.29 is 17.9 Å². The van der Waals surface area contributed by atoms with Gasteiger partial charge in [0.1, 0.15) is 6.17 Å². The maximum atomic E-state index is 13.5. The molecule has 88 valence electrons. The predicted molar refractivity (Wildman–Crippen MR) is 56.1 cm³/mol. The highest BCUT2D eigenvalue weighted by Crippen LogP contribution is 2.43. The molecule has 0 aliphatic heterocycles. The van der Waals surface area contributed by atoms with Crippen LogP contribution in [0, 0.1) is 0 Å². The maximum absolute atomic E-state index is 13.5. The first-order chi connectivity index (χ1) is 7.47. The van der Waals surface area contributed by atoms with Gasteiger partial charge in [0.2, 0.25) is 10.0 Å². The van der Waals surface area contributed by atoms with Gasteiger partial charge in [0, 0.05) is 12.0 Å². The summed E-state index contributed by atoms with van der Waals surface area (Å²) in [6, 6.07) is 4.35. The zero-order valence-corrected chi connectivity index (χ0v) is 9.46. The summed E-state index contributed by atoms with van der Waals surface area (Å²) in [6.45, 7) is 0. The molecule has 0 saturated carbocycles. The van der Waals surface area contributed by atoms with Gasteiger partial charge in [-0.05, 0) is 18.7 Å². The molecule has 0 amide bonds. The van der Waals surface area contributed by atoms with Crippen molar-refractivity contribution in [1.82, 2.24) is 4.72 Å². The van der Waals surface area contributed by atoms with Crippen LogP contribution >= 0.6 is 0 Å². The molecule has 1 aromatic rings. The second-order valence-corrected chi connectivity index (χ2v) is 5.54. The van der Waals surface area contributed by atoms with E-state index >= 15 is 0 Å². The van der Waals surface area contributed by atoms with Crippen LogP contribution in [0.4, 0.5) is 4.39 Å². The lowest BCUT2D eigenvalue weighted by atomic mass is 10.1. The number of nitrogens with one attached hydrogen (secondary N) is 1. The molecule has 0 spiro atoms. The van der Waals surface area contributed by atoms with Crippen LogP contribution in [0.3, 0.4) is 0 Å². The Morgan fingerprint density at radius 3 is 2.81 bits per heavy atom. The lowest BCUT2D eigenvalue weighted by Gasteiger charge is -2.10. The second-order valence-electron chi connectivity index (χ2n) is 3.69. The van der Waals surface area contributed by atoms with Crippen molar-refractivity contribution >= 4 is 10.0 Å².